The molecule has 29 heavy (non-hydrogen) atoms. The Balaban J connectivity index is 1.84. The number of nitrogens with one attached hydrogen (secondary N) is 2. The van der Waals surface area contributed by atoms with E-state index in [0.717, 1.165) is 29.5 Å². The van der Waals surface area contributed by atoms with Gasteiger partial charge >= 0.3 is 6.03 Å². The average Bonchev–Trinajstić information content (AvgIpc) is 3.11. The lowest BCUT2D eigenvalue weighted by atomic mass is 10.0. The summed E-state index contributed by atoms with van der Waals surface area (Å²) in [5, 5.41) is 7.25. The van der Waals surface area contributed by atoms with E-state index in [1.807, 2.05) is 44.4 Å². The Kier molecular flexibility index (Phi) is 6.43. The van der Waals surface area contributed by atoms with Gasteiger partial charge in [0.15, 0.2) is 0 Å². The van der Waals surface area contributed by atoms with Crippen molar-refractivity contribution in [2.45, 2.75) is 40.2 Å². The van der Waals surface area contributed by atoms with Gasteiger partial charge in [-0.25, -0.2) is 9.78 Å². The summed E-state index contributed by atoms with van der Waals surface area (Å²) >= 11 is 1.39. The van der Waals surface area contributed by atoms with Crippen molar-refractivity contribution in [3.05, 3.63) is 51.4 Å². The predicted molar refractivity (Wildman–Crippen MR) is 115 cm³/mol. The zero-order valence-corrected chi connectivity index (χ0v) is 17.6. The van der Waals surface area contributed by atoms with E-state index < -0.39 is 11.9 Å². The Morgan fingerprint density at radius 2 is 2.00 bits per heavy atom. The molecule has 3 amide bonds. The van der Waals surface area contributed by atoms with Gasteiger partial charge in [-0.2, -0.15) is 0 Å². The Morgan fingerprint density at radius 1 is 1.21 bits per heavy atom. The first kappa shape index (κ1) is 20.7. The molecule has 0 bridgehead atoms. The molecule has 0 fully saturated rings. The number of aryl methyl sites for hydroxylation is 2. The van der Waals surface area contributed by atoms with E-state index in [1.165, 1.54) is 27.8 Å². The van der Waals surface area contributed by atoms with E-state index in [2.05, 4.69) is 15.6 Å². The van der Waals surface area contributed by atoms with Gasteiger partial charge in [-0.05, 0) is 37.0 Å². The molecule has 0 atom stereocenters. The van der Waals surface area contributed by atoms with Crippen molar-refractivity contribution in [3.8, 4) is 11.1 Å². The summed E-state index contributed by atoms with van der Waals surface area (Å²) in [5.41, 5.74) is 3.76. The Bertz CT molecular complexity index is 1120. The molecule has 0 saturated heterocycles. The van der Waals surface area contributed by atoms with Gasteiger partial charge in [0.05, 0.1) is 11.7 Å². The van der Waals surface area contributed by atoms with E-state index >= 15 is 0 Å². The Morgan fingerprint density at radius 3 is 2.72 bits per heavy atom. The van der Waals surface area contributed by atoms with E-state index in [9.17, 15) is 14.4 Å². The largest absolute Gasteiger partial charge is 0.338 e. The molecule has 0 spiro atoms. The molecular formula is C21H24N4O3S. The molecule has 152 valence electrons. The summed E-state index contributed by atoms with van der Waals surface area (Å²) in [6.45, 7) is 6.30. The van der Waals surface area contributed by atoms with Gasteiger partial charge in [0, 0.05) is 17.5 Å². The summed E-state index contributed by atoms with van der Waals surface area (Å²) in [7, 11) is 0. The lowest BCUT2D eigenvalue weighted by Gasteiger charge is -2.08. The minimum Gasteiger partial charge on any atom is -0.338 e. The first-order chi connectivity index (χ1) is 13.9. The van der Waals surface area contributed by atoms with Crippen LogP contribution in [0.4, 0.5) is 4.79 Å². The third-order valence-electron chi connectivity index (χ3n) is 4.76. The second-order valence-corrected chi connectivity index (χ2v) is 7.82. The molecule has 0 saturated carbocycles. The topological polar surface area (TPSA) is 93.1 Å². The van der Waals surface area contributed by atoms with Gasteiger partial charge in [-0.1, -0.05) is 31.5 Å². The number of carbonyl (C=O) groups is 2. The van der Waals surface area contributed by atoms with Gasteiger partial charge in [0.2, 0.25) is 5.91 Å². The molecule has 3 aromatic rings. The molecule has 0 unspecified atom stereocenters. The quantitative estimate of drug-likeness (QED) is 0.607. The molecule has 7 nitrogen and oxygen atoms in total. The molecular weight excluding hydrogens is 388 g/mol. The van der Waals surface area contributed by atoms with E-state index in [-0.39, 0.29) is 12.1 Å². The van der Waals surface area contributed by atoms with Gasteiger partial charge in [0.25, 0.3) is 5.56 Å². The number of nitrogens with zero attached hydrogens (tertiary/aromatic N) is 2. The van der Waals surface area contributed by atoms with Crippen LogP contribution in [0.3, 0.4) is 0 Å². The highest BCUT2D eigenvalue weighted by molar-refractivity contribution is 7.17. The van der Waals surface area contributed by atoms with Crippen molar-refractivity contribution >= 4 is 33.5 Å². The van der Waals surface area contributed by atoms with Crippen LogP contribution in [0.1, 0.15) is 30.9 Å². The maximum absolute atomic E-state index is 13.0. The number of imide groups is 1. The summed E-state index contributed by atoms with van der Waals surface area (Å²) in [4.78, 5) is 41.9. The van der Waals surface area contributed by atoms with Crippen molar-refractivity contribution in [1.82, 2.24) is 20.2 Å². The minimum atomic E-state index is -0.565. The minimum absolute atomic E-state index is 0.273. The fourth-order valence-electron chi connectivity index (χ4n) is 2.95. The maximum atomic E-state index is 13.0. The van der Waals surface area contributed by atoms with Crippen molar-refractivity contribution in [2.75, 3.05) is 6.54 Å². The molecule has 0 aliphatic carbocycles. The number of hydrogen-bond donors (Lipinski definition) is 2. The number of benzene rings is 1. The summed E-state index contributed by atoms with van der Waals surface area (Å²) in [5.74, 6) is -0.565. The number of thiophene rings is 1. The number of urea groups is 1. The molecule has 2 aromatic heterocycles. The van der Waals surface area contributed by atoms with Crippen LogP contribution in [0.5, 0.6) is 0 Å². The smallest absolute Gasteiger partial charge is 0.321 e. The number of unbranched alkanes of at least 4 members (excludes halogenated alkanes) is 1. The molecule has 2 heterocycles. The highest BCUT2D eigenvalue weighted by Gasteiger charge is 2.16. The van der Waals surface area contributed by atoms with Crippen molar-refractivity contribution in [2.24, 2.45) is 0 Å². The van der Waals surface area contributed by atoms with E-state index in [0.29, 0.717) is 16.8 Å². The average molecular weight is 413 g/mol. The zero-order chi connectivity index (χ0) is 21.0. The summed E-state index contributed by atoms with van der Waals surface area (Å²) in [6, 6.07) is 5.49. The summed E-state index contributed by atoms with van der Waals surface area (Å²) < 4.78 is 1.23. The van der Waals surface area contributed by atoms with Crippen LogP contribution < -0.4 is 16.2 Å². The summed E-state index contributed by atoms with van der Waals surface area (Å²) in [6.07, 6.45) is 3.12. The monoisotopic (exact) mass is 412 g/mol. The second-order valence-electron chi connectivity index (χ2n) is 6.96. The van der Waals surface area contributed by atoms with Crippen LogP contribution in [0, 0.1) is 13.8 Å². The second kappa shape index (κ2) is 9.00. The van der Waals surface area contributed by atoms with Gasteiger partial charge in [-0.15, -0.1) is 11.3 Å². The molecule has 0 radical (unpaired) electrons. The Labute approximate surface area is 172 Å². The van der Waals surface area contributed by atoms with Crippen LogP contribution >= 0.6 is 11.3 Å². The van der Waals surface area contributed by atoms with Crippen LogP contribution in [-0.2, 0) is 11.3 Å². The van der Waals surface area contributed by atoms with Crippen LogP contribution in [0.15, 0.2) is 34.7 Å². The first-order valence-electron chi connectivity index (χ1n) is 9.52. The van der Waals surface area contributed by atoms with Crippen LogP contribution in [0.25, 0.3) is 21.3 Å². The highest BCUT2D eigenvalue weighted by atomic mass is 32.1. The zero-order valence-electron chi connectivity index (χ0n) is 16.7. The fourth-order valence-corrected chi connectivity index (χ4v) is 3.85. The lowest BCUT2D eigenvalue weighted by molar-refractivity contribution is -0.120. The number of rotatable bonds is 6. The Hall–Kier alpha value is -3.00. The van der Waals surface area contributed by atoms with Gasteiger partial charge in [0.1, 0.15) is 11.4 Å². The SMILES string of the molecule is CCCCNC(=O)NC(=O)Cn1cnc2scc(-c3ccc(C)c(C)c3)c2c1=O. The molecule has 0 aliphatic rings. The standard InChI is InChI=1S/C21H24N4O3S/c1-4-5-8-22-21(28)24-17(26)10-25-12-23-19-18(20(25)27)16(11-29-19)15-7-6-13(2)14(3)9-15/h6-7,9,11-12H,4-5,8,10H2,1-3H3,(H2,22,24,26,28). The number of aromatic nitrogens is 2. The highest BCUT2D eigenvalue weighted by Crippen LogP contribution is 2.31. The molecule has 3 rings (SSSR count). The van der Waals surface area contributed by atoms with Crippen LogP contribution in [0.2, 0.25) is 0 Å². The van der Waals surface area contributed by atoms with Crippen molar-refractivity contribution in [1.29, 1.82) is 0 Å². The maximum Gasteiger partial charge on any atom is 0.321 e. The van der Waals surface area contributed by atoms with Gasteiger partial charge < -0.3 is 5.32 Å². The molecule has 1 aromatic carbocycles. The predicted octanol–water partition coefficient (Wildman–Crippen LogP) is 3.37. The fraction of sp³-hybridized carbons (Fsp3) is 0.333. The first-order valence-corrected chi connectivity index (χ1v) is 10.4. The number of amides is 3. The number of fused-ring (bicyclic) bond motifs is 1. The lowest BCUT2D eigenvalue weighted by Crippen LogP contribution is -2.42. The van der Waals surface area contributed by atoms with E-state index in [4.69, 9.17) is 0 Å². The normalized spacial score (nSPS) is 10.9. The third-order valence-corrected chi connectivity index (χ3v) is 5.65. The third kappa shape index (κ3) is 4.71. The van der Waals surface area contributed by atoms with E-state index in [1.54, 1.807) is 0 Å². The van der Waals surface area contributed by atoms with Crippen LogP contribution in [-0.4, -0.2) is 28.0 Å². The molecule has 0 aliphatic heterocycles. The molecule has 2 N–H and O–H groups in total. The van der Waals surface area contributed by atoms with Crippen molar-refractivity contribution < 1.29 is 9.59 Å². The van der Waals surface area contributed by atoms with Gasteiger partial charge in [-0.3, -0.25) is 19.5 Å². The molecule has 8 heteroatoms. The number of carbonyl (C=O) groups excluding carboxylic acids is 2. The van der Waals surface area contributed by atoms with Crippen molar-refractivity contribution in [3.63, 3.8) is 0 Å². The number of hydrogen-bond acceptors (Lipinski definition) is 5.